The first-order chi connectivity index (χ1) is 6.97. The van der Waals surface area contributed by atoms with E-state index in [1.54, 1.807) is 0 Å². The fourth-order valence-electron chi connectivity index (χ4n) is 1.05. The fourth-order valence-corrected chi connectivity index (χ4v) is 1.83. The molecule has 0 bridgehead atoms. The first kappa shape index (κ1) is 13.4. The summed E-state index contributed by atoms with van der Waals surface area (Å²) >= 11 is 22.7. The van der Waals surface area contributed by atoms with Crippen LogP contribution in [0, 0.1) is 0 Å². The van der Waals surface area contributed by atoms with Crippen molar-refractivity contribution in [3.8, 4) is 0 Å². The molecule has 0 heterocycles. The smallest absolute Gasteiger partial charge is 0.106 e. The van der Waals surface area contributed by atoms with Crippen molar-refractivity contribution in [2.24, 2.45) is 0 Å². The minimum atomic E-state index is -1.13. The van der Waals surface area contributed by atoms with Gasteiger partial charge in [0.1, 0.15) is 6.10 Å². The number of hydrogen-bond donors (Lipinski definition) is 2. The maximum absolute atomic E-state index is 9.63. The van der Waals surface area contributed by atoms with Gasteiger partial charge in [0.2, 0.25) is 0 Å². The highest BCUT2D eigenvalue weighted by molar-refractivity contribution is 6.48. The third kappa shape index (κ3) is 3.13. The number of hydrogen-bond acceptors (Lipinski definition) is 2. The van der Waals surface area contributed by atoms with Crippen LogP contribution >= 0.6 is 46.4 Å². The van der Waals surface area contributed by atoms with E-state index in [0.717, 1.165) is 0 Å². The first-order valence-electron chi connectivity index (χ1n) is 4.04. The van der Waals surface area contributed by atoms with E-state index in [1.807, 2.05) is 0 Å². The maximum atomic E-state index is 9.63. The number of benzene rings is 1. The molecule has 2 unspecified atom stereocenters. The minimum Gasteiger partial charge on any atom is -0.389 e. The normalized spacial score (nSPS) is 15.1. The molecule has 0 aliphatic heterocycles. The molecule has 1 rings (SSSR count). The number of aliphatic hydroxyl groups excluding tert-OH is 2. The molecular formula is C9H8Cl4O2. The maximum Gasteiger partial charge on any atom is 0.106 e. The molecule has 0 saturated carbocycles. The molecule has 1 aromatic rings. The van der Waals surface area contributed by atoms with Crippen LogP contribution in [0.5, 0.6) is 0 Å². The summed E-state index contributed by atoms with van der Waals surface area (Å²) in [7, 11) is 0. The second-order valence-corrected chi connectivity index (χ2v) is 4.47. The third-order valence-corrected chi connectivity index (χ3v) is 3.38. The molecule has 0 aliphatic carbocycles. The van der Waals surface area contributed by atoms with E-state index in [4.69, 9.17) is 46.4 Å². The van der Waals surface area contributed by atoms with Gasteiger partial charge in [-0.05, 0) is 17.7 Å². The van der Waals surface area contributed by atoms with Crippen molar-refractivity contribution in [3.05, 3.63) is 32.8 Å². The SMILES string of the molecule is OC(CCl)C(O)c1cc(Cl)c(Cl)c(Cl)c1. The predicted molar refractivity (Wildman–Crippen MR) is 63.2 cm³/mol. The summed E-state index contributed by atoms with van der Waals surface area (Å²) < 4.78 is 0. The van der Waals surface area contributed by atoms with Gasteiger partial charge >= 0.3 is 0 Å². The molecular weight excluding hydrogens is 282 g/mol. The molecule has 0 spiro atoms. The van der Waals surface area contributed by atoms with Gasteiger partial charge in [-0.15, -0.1) is 11.6 Å². The lowest BCUT2D eigenvalue weighted by Gasteiger charge is -2.16. The molecule has 0 fully saturated rings. The number of rotatable bonds is 3. The third-order valence-electron chi connectivity index (χ3n) is 1.87. The summed E-state index contributed by atoms with van der Waals surface area (Å²) in [5.41, 5.74) is 0.377. The Morgan fingerprint density at radius 3 is 1.93 bits per heavy atom. The van der Waals surface area contributed by atoms with Crippen LogP contribution in [0.1, 0.15) is 11.7 Å². The lowest BCUT2D eigenvalue weighted by atomic mass is 10.1. The lowest BCUT2D eigenvalue weighted by molar-refractivity contribution is 0.0327. The molecule has 2 atom stereocenters. The lowest BCUT2D eigenvalue weighted by Crippen LogP contribution is -2.19. The molecule has 0 aliphatic rings. The van der Waals surface area contributed by atoms with Crippen LogP contribution in [0.3, 0.4) is 0 Å². The molecule has 2 nitrogen and oxygen atoms in total. The van der Waals surface area contributed by atoms with Crippen LogP contribution in [0.4, 0.5) is 0 Å². The van der Waals surface area contributed by atoms with E-state index in [0.29, 0.717) is 5.56 Å². The van der Waals surface area contributed by atoms with Crippen LogP contribution < -0.4 is 0 Å². The van der Waals surface area contributed by atoms with Crippen molar-refractivity contribution >= 4 is 46.4 Å². The van der Waals surface area contributed by atoms with E-state index in [1.165, 1.54) is 12.1 Å². The number of aliphatic hydroxyl groups is 2. The average Bonchev–Trinajstić information content (AvgIpc) is 2.23. The van der Waals surface area contributed by atoms with Gasteiger partial charge in [-0.2, -0.15) is 0 Å². The molecule has 84 valence electrons. The number of alkyl halides is 1. The van der Waals surface area contributed by atoms with Crippen molar-refractivity contribution in [1.82, 2.24) is 0 Å². The molecule has 15 heavy (non-hydrogen) atoms. The molecule has 1 aromatic carbocycles. The van der Waals surface area contributed by atoms with E-state index >= 15 is 0 Å². The second-order valence-electron chi connectivity index (χ2n) is 2.97. The molecule has 0 saturated heterocycles. The topological polar surface area (TPSA) is 40.5 Å². The second kappa shape index (κ2) is 5.58. The quantitative estimate of drug-likeness (QED) is 0.662. The molecule has 2 N–H and O–H groups in total. The summed E-state index contributed by atoms with van der Waals surface area (Å²) in [4.78, 5) is 0. The van der Waals surface area contributed by atoms with Crippen molar-refractivity contribution in [1.29, 1.82) is 0 Å². The van der Waals surface area contributed by atoms with E-state index in [-0.39, 0.29) is 20.9 Å². The zero-order valence-electron chi connectivity index (χ0n) is 7.42. The van der Waals surface area contributed by atoms with Crippen LogP contribution in [-0.2, 0) is 0 Å². The standard InChI is InChI=1S/C9H8Cl4O2/c10-3-7(14)9(15)4-1-5(11)8(13)6(12)2-4/h1-2,7,9,14-15H,3H2. The van der Waals surface area contributed by atoms with Gasteiger partial charge in [-0.3, -0.25) is 0 Å². The molecule has 0 radical (unpaired) electrons. The van der Waals surface area contributed by atoms with Crippen molar-refractivity contribution in [2.45, 2.75) is 12.2 Å². The summed E-state index contributed by atoms with van der Waals surface area (Å²) in [6.45, 7) is 0. The highest BCUT2D eigenvalue weighted by atomic mass is 35.5. The molecule has 6 heteroatoms. The molecule has 0 amide bonds. The highest BCUT2D eigenvalue weighted by Gasteiger charge is 2.19. The van der Waals surface area contributed by atoms with Gasteiger partial charge in [-0.25, -0.2) is 0 Å². The van der Waals surface area contributed by atoms with Crippen LogP contribution in [-0.4, -0.2) is 22.2 Å². The van der Waals surface area contributed by atoms with Crippen LogP contribution in [0.2, 0.25) is 15.1 Å². The summed E-state index contributed by atoms with van der Waals surface area (Å²) in [5, 5.41) is 19.6. The fraction of sp³-hybridized carbons (Fsp3) is 0.333. The Hall–Kier alpha value is 0.300. The van der Waals surface area contributed by atoms with Gasteiger partial charge in [0.05, 0.1) is 27.1 Å². The van der Waals surface area contributed by atoms with Crippen LogP contribution in [0.15, 0.2) is 12.1 Å². The zero-order chi connectivity index (χ0) is 11.6. The average molecular weight is 290 g/mol. The van der Waals surface area contributed by atoms with Crippen molar-refractivity contribution in [2.75, 3.05) is 5.88 Å². The Bertz CT molecular complexity index is 333. The Morgan fingerprint density at radius 2 is 1.53 bits per heavy atom. The monoisotopic (exact) mass is 288 g/mol. The van der Waals surface area contributed by atoms with E-state index < -0.39 is 12.2 Å². The molecule has 0 aromatic heterocycles. The Morgan fingerprint density at radius 1 is 1.07 bits per heavy atom. The first-order valence-corrected chi connectivity index (χ1v) is 5.70. The Balaban J connectivity index is 3.06. The summed E-state index contributed by atoms with van der Waals surface area (Å²) in [5.74, 6) is -0.0843. The van der Waals surface area contributed by atoms with Gasteiger partial charge in [-0.1, -0.05) is 34.8 Å². The van der Waals surface area contributed by atoms with Gasteiger partial charge in [0.15, 0.2) is 0 Å². The van der Waals surface area contributed by atoms with E-state index in [2.05, 4.69) is 0 Å². The Kier molecular flexibility index (Phi) is 4.97. The number of halogens is 4. The Labute approximate surface area is 107 Å². The van der Waals surface area contributed by atoms with Crippen molar-refractivity contribution in [3.63, 3.8) is 0 Å². The minimum absolute atomic E-state index is 0.0843. The summed E-state index contributed by atoms with van der Waals surface area (Å²) in [6, 6.07) is 2.88. The zero-order valence-corrected chi connectivity index (χ0v) is 10.4. The summed E-state index contributed by atoms with van der Waals surface area (Å²) in [6.07, 6.45) is -2.20. The van der Waals surface area contributed by atoms with Gasteiger partial charge < -0.3 is 10.2 Å². The van der Waals surface area contributed by atoms with Crippen LogP contribution in [0.25, 0.3) is 0 Å². The largest absolute Gasteiger partial charge is 0.389 e. The predicted octanol–water partition coefficient (Wildman–Crippen LogP) is 3.28. The van der Waals surface area contributed by atoms with Gasteiger partial charge in [0.25, 0.3) is 0 Å². The van der Waals surface area contributed by atoms with E-state index in [9.17, 15) is 10.2 Å². The van der Waals surface area contributed by atoms with Crippen molar-refractivity contribution < 1.29 is 10.2 Å². The van der Waals surface area contributed by atoms with Gasteiger partial charge in [0, 0.05) is 0 Å². The highest BCUT2D eigenvalue weighted by Crippen LogP contribution is 2.33.